The van der Waals surface area contributed by atoms with Gasteiger partial charge in [-0.15, -0.1) is 0 Å². The highest BCUT2D eigenvalue weighted by Crippen LogP contribution is 2.29. The zero-order valence-corrected chi connectivity index (χ0v) is 13.2. The molecule has 2 N–H and O–H groups in total. The fraction of sp³-hybridized carbons (Fsp3) is 0.438. The lowest BCUT2D eigenvalue weighted by molar-refractivity contribution is 0.221. The van der Waals surface area contributed by atoms with Gasteiger partial charge in [-0.1, -0.05) is 17.7 Å². The molecule has 0 atom stereocenters. The molecule has 0 aromatic heterocycles. The SMILES string of the molecule is CN=C(N)N(C(C)=C(C)C)c1cccc(C(C)(C)F)c1. The first-order valence-corrected chi connectivity index (χ1v) is 6.64. The van der Waals surface area contributed by atoms with Crippen LogP contribution in [0.3, 0.4) is 0 Å². The van der Waals surface area contributed by atoms with E-state index in [4.69, 9.17) is 5.73 Å². The van der Waals surface area contributed by atoms with Crippen LogP contribution in [-0.4, -0.2) is 13.0 Å². The Morgan fingerprint density at radius 3 is 2.30 bits per heavy atom. The predicted molar refractivity (Wildman–Crippen MR) is 84.6 cm³/mol. The summed E-state index contributed by atoms with van der Waals surface area (Å²) in [5.41, 5.74) is 8.15. The minimum absolute atomic E-state index is 0.387. The Kier molecular flexibility index (Phi) is 4.93. The lowest BCUT2D eigenvalue weighted by Crippen LogP contribution is -2.36. The summed E-state index contributed by atoms with van der Waals surface area (Å²) < 4.78 is 14.1. The topological polar surface area (TPSA) is 41.6 Å². The number of benzene rings is 1. The van der Waals surface area contributed by atoms with Gasteiger partial charge in [0.25, 0.3) is 0 Å². The molecule has 0 unspecified atom stereocenters. The molecule has 1 aromatic carbocycles. The van der Waals surface area contributed by atoms with E-state index in [0.29, 0.717) is 11.5 Å². The molecule has 1 aromatic rings. The van der Waals surface area contributed by atoms with Crippen molar-refractivity contribution in [3.63, 3.8) is 0 Å². The van der Waals surface area contributed by atoms with Crippen LogP contribution in [0.5, 0.6) is 0 Å². The zero-order chi connectivity index (χ0) is 15.5. The van der Waals surface area contributed by atoms with Crippen LogP contribution in [0.4, 0.5) is 10.1 Å². The van der Waals surface area contributed by atoms with E-state index in [9.17, 15) is 4.39 Å². The molecule has 110 valence electrons. The quantitative estimate of drug-likeness (QED) is 0.671. The highest BCUT2D eigenvalue weighted by Gasteiger charge is 2.21. The number of guanidine groups is 1. The number of allylic oxidation sites excluding steroid dienone is 2. The molecular formula is C16H24FN3. The molecule has 0 bridgehead atoms. The molecule has 0 heterocycles. The maximum Gasteiger partial charge on any atom is 0.199 e. The van der Waals surface area contributed by atoms with Crippen LogP contribution in [0.25, 0.3) is 0 Å². The van der Waals surface area contributed by atoms with Crippen molar-refractivity contribution >= 4 is 11.6 Å². The van der Waals surface area contributed by atoms with Gasteiger partial charge in [-0.2, -0.15) is 0 Å². The third kappa shape index (κ3) is 3.59. The van der Waals surface area contributed by atoms with Crippen LogP contribution < -0.4 is 10.6 Å². The van der Waals surface area contributed by atoms with E-state index in [-0.39, 0.29) is 0 Å². The van der Waals surface area contributed by atoms with Crippen molar-refractivity contribution in [3.8, 4) is 0 Å². The van der Waals surface area contributed by atoms with Crippen molar-refractivity contribution in [2.45, 2.75) is 40.3 Å². The average Bonchev–Trinajstić information content (AvgIpc) is 2.37. The van der Waals surface area contributed by atoms with Crippen molar-refractivity contribution in [2.24, 2.45) is 10.7 Å². The van der Waals surface area contributed by atoms with Crippen molar-refractivity contribution in [2.75, 3.05) is 11.9 Å². The van der Waals surface area contributed by atoms with Crippen molar-refractivity contribution in [1.82, 2.24) is 0 Å². The summed E-state index contributed by atoms with van der Waals surface area (Å²) in [5.74, 6) is 0.387. The average molecular weight is 277 g/mol. The van der Waals surface area contributed by atoms with Gasteiger partial charge in [0.2, 0.25) is 0 Å². The Morgan fingerprint density at radius 1 is 1.25 bits per heavy atom. The summed E-state index contributed by atoms with van der Waals surface area (Å²) in [6.45, 7) is 9.08. The summed E-state index contributed by atoms with van der Waals surface area (Å²) in [5, 5.41) is 0. The van der Waals surface area contributed by atoms with E-state index in [1.807, 2.05) is 43.9 Å². The van der Waals surface area contributed by atoms with Gasteiger partial charge in [0, 0.05) is 18.4 Å². The molecule has 0 saturated heterocycles. The van der Waals surface area contributed by atoms with Crippen LogP contribution in [0.2, 0.25) is 0 Å². The van der Waals surface area contributed by atoms with Crippen molar-refractivity contribution in [3.05, 3.63) is 41.1 Å². The number of hydrogen-bond acceptors (Lipinski definition) is 1. The van der Waals surface area contributed by atoms with Crippen LogP contribution in [-0.2, 0) is 5.67 Å². The minimum Gasteiger partial charge on any atom is -0.369 e. The lowest BCUT2D eigenvalue weighted by Gasteiger charge is -2.27. The van der Waals surface area contributed by atoms with Crippen LogP contribution in [0.1, 0.15) is 40.2 Å². The largest absolute Gasteiger partial charge is 0.369 e. The van der Waals surface area contributed by atoms with E-state index in [1.54, 1.807) is 27.0 Å². The second-order valence-corrected chi connectivity index (χ2v) is 5.53. The standard InChI is InChI=1S/C16H24FN3/c1-11(2)12(3)20(15(18)19-6)14-9-7-8-13(10-14)16(4,5)17/h7-10H,1-6H3,(H2,18,19). The van der Waals surface area contributed by atoms with Gasteiger partial charge in [-0.25, -0.2) is 4.39 Å². The number of aliphatic imine (C=N–C) groups is 1. The second-order valence-electron chi connectivity index (χ2n) is 5.53. The fourth-order valence-electron chi connectivity index (χ4n) is 1.84. The van der Waals surface area contributed by atoms with Gasteiger partial charge < -0.3 is 5.73 Å². The first-order valence-electron chi connectivity index (χ1n) is 6.64. The Hall–Kier alpha value is -1.84. The first kappa shape index (κ1) is 16.2. The predicted octanol–water partition coefficient (Wildman–Crippen LogP) is 3.96. The van der Waals surface area contributed by atoms with Gasteiger partial charge >= 0.3 is 0 Å². The van der Waals surface area contributed by atoms with Gasteiger partial charge in [-0.3, -0.25) is 9.89 Å². The van der Waals surface area contributed by atoms with Gasteiger partial charge in [0.15, 0.2) is 5.96 Å². The van der Waals surface area contributed by atoms with Crippen LogP contribution in [0.15, 0.2) is 40.5 Å². The molecule has 0 amide bonds. The van der Waals surface area contributed by atoms with Gasteiger partial charge in [-0.05, 0) is 52.3 Å². The van der Waals surface area contributed by atoms with E-state index in [1.165, 1.54) is 0 Å². The third-order valence-corrected chi connectivity index (χ3v) is 3.31. The van der Waals surface area contributed by atoms with Crippen molar-refractivity contribution < 1.29 is 4.39 Å². The molecule has 0 aliphatic heterocycles. The van der Waals surface area contributed by atoms with Crippen LogP contribution >= 0.6 is 0 Å². The molecule has 0 saturated carbocycles. The van der Waals surface area contributed by atoms with E-state index in [2.05, 4.69) is 4.99 Å². The molecule has 20 heavy (non-hydrogen) atoms. The summed E-state index contributed by atoms with van der Waals surface area (Å²) in [6.07, 6.45) is 0. The Labute approximate surface area is 121 Å². The number of anilines is 1. The highest BCUT2D eigenvalue weighted by molar-refractivity contribution is 5.97. The summed E-state index contributed by atoms with van der Waals surface area (Å²) >= 11 is 0. The summed E-state index contributed by atoms with van der Waals surface area (Å²) in [7, 11) is 1.64. The van der Waals surface area contributed by atoms with Crippen molar-refractivity contribution in [1.29, 1.82) is 0 Å². The zero-order valence-electron chi connectivity index (χ0n) is 13.2. The molecule has 3 nitrogen and oxygen atoms in total. The smallest absolute Gasteiger partial charge is 0.199 e. The Bertz CT molecular complexity index is 535. The number of nitrogens with two attached hydrogens (primary N) is 1. The van der Waals surface area contributed by atoms with E-state index < -0.39 is 5.67 Å². The molecule has 1 rings (SSSR count). The molecule has 0 fully saturated rings. The lowest BCUT2D eigenvalue weighted by atomic mass is 9.99. The van der Waals surface area contributed by atoms with E-state index >= 15 is 0 Å². The fourth-order valence-corrected chi connectivity index (χ4v) is 1.84. The normalized spacial score (nSPS) is 12.2. The van der Waals surface area contributed by atoms with Gasteiger partial charge in [0.05, 0.1) is 0 Å². The summed E-state index contributed by atoms with van der Waals surface area (Å²) in [4.78, 5) is 5.89. The number of rotatable bonds is 3. The van der Waals surface area contributed by atoms with E-state index in [0.717, 1.165) is 17.0 Å². The summed E-state index contributed by atoms with van der Waals surface area (Å²) in [6, 6.07) is 7.32. The van der Waals surface area contributed by atoms with Crippen LogP contribution in [0, 0.1) is 0 Å². The number of hydrogen-bond donors (Lipinski definition) is 1. The highest BCUT2D eigenvalue weighted by atomic mass is 19.1. The van der Waals surface area contributed by atoms with Gasteiger partial charge in [0.1, 0.15) is 5.67 Å². The number of nitrogens with zero attached hydrogens (tertiary/aromatic N) is 2. The molecule has 0 aliphatic carbocycles. The first-order chi connectivity index (χ1) is 9.18. The third-order valence-electron chi connectivity index (χ3n) is 3.31. The molecule has 4 heteroatoms. The maximum atomic E-state index is 14.1. The number of alkyl halides is 1. The molecular weight excluding hydrogens is 253 g/mol. The molecule has 0 spiro atoms. The monoisotopic (exact) mass is 277 g/mol. The maximum absolute atomic E-state index is 14.1. The second kappa shape index (κ2) is 6.07. The molecule has 0 radical (unpaired) electrons. The Balaban J connectivity index is 3.40. The molecule has 0 aliphatic rings. The Morgan fingerprint density at radius 2 is 1.85 bits per heavy atom. The number of halogens is 1. The minimum atomic E-state index is -1.39.